The van der Waals surface area contributed by atoms with E-state index in [1.807, 2.05) is 19.2 Å². The zero-order valence-electron chi connectivity index (χ0n) is 15.3. The van der Waals surface area contributed by atoms with Gasteiger partial charge < -0.3 is 20.3 Å². The van der Waals surface area contributed by atoms with Crippen LogP contribution in [0.15, 0.2) is 23.2 Å². The Morgan fingerprint density at radius 3 is 2.96 bits per heavy atom. The van der Waals surface area contributed by atoms with E-state index in [9.17, 15) is 4.39 Å². The van der Waals surface area contributed by atoms with E-state index >= 15 is 0 Å². The number of nitrogens with zero attached hydrogens (tertiary/aromatic N) is 2. The maximum Gasteiger partial charge on any atom is 0.191 e. The number of likely N-dealkylation sites (N-methyl/N-ethyl adjacent to an activating group) is 1. The van der Waals surface area contributed by atoms with Crippen molar-refractivity contribution in [3.05, 3.63) is 35.1 Å². The van der Waals surface area contributed by atoms with Crippen LogP contribution < -0.4 is 10.6 Å². The Hall–Kier alpha value is -1.31. The molecule has 0 spiro atoms. The lowest BCUT2D eigenvalue weighted by molar-refractivity contribution is -0.0161. The summed E-state index contributed by atoms with van der Waals surface area (Å²) >= 11 is 1.68. The summed E-state index contributed by atoms with van der Waals surface area (Å²) in [5.74, 6) is 1.36. The topological polar surface area (TPSA) is 48.9 Å². The number of ether oxygens (including phenoxy) is 1. The summed E-state index contributed by atoms with van der Waals surface area (Å²) in [6, 6.07) is 4.93. The largest absolute Gasteiger partial charge is 0.374 e. The van der Waals surface area contributed by atoms with E-state index < -0.39 is 0 Å². The van der Waals surface area contributed by atoms with Crippen molar-refractivity contribution in [1.82, 2.24) is 15.5 Å². The standard InChI is InChI=1S/C18H29FN4OS/c1-4-20-18(22-11-17-12-23(2)7-8-24-17)21-10-14-5-6-16(19)9-15(14)13-25-3/h5-6,9,17H,4,7-8,10-13H2,1-3H3,(H2,20,21,22). The summed E-state index contributed by atoms with van der Waals surface area (Å²) in [4.78, 5) is 6.92. The van der Waals surface area contributed by atoms with E-state index in [0.29, 0.717) is 6.54 Å². The van der Waals surface area contributed by atoms with Crippen molar-refractivity contribution in [2.24, 2.45) is 4.99 Å². The Bertz CT molecular complexity index is 570. The fraction of sp³-hybridized carbons (Fsp3) is 0.611. The van der Waals surface area contributed by atoms with Crippen LogP contribution in [0.4, 0.5) is 4.39 Å². The monoisotopic (exact) mass is 368 g/mol. The van der Waals surface area contributed by atoms with Gasteiger partial charge in [-0.3, -0.25) is 0 Å². The first-order valence-corrected chi connectivity index (χ1v) is 10.1. The molecule has 1 atom stereocenters. The van der Waals surface area contributed by atoms with Crippen LogP contribution in [0.5, 0.6) is 0 Å². The molecule has 1 saturated heterocycles. The van der Waals surface area contributed by atoms with Gasteiger partial charge in [0.2, 0.25) is 0 Å². The zero-order chi connectivity index (χ0) is 18.1. The minimum atomic E-state index is -0.194. The summed E-state index contributed by atoms with van der Waals surface area (Å²) in [5.41, 5.74) is 2.06. The van der Waals surface area contributed by atoms with Crippen molar-refractivity contribution in [3.63, 3.8) is 0 Å². The van der Waals surface area contributed by atoms with E-state index in [1.54, 1.807) is 17.8 Å². The molecule has 1 aromatic carbocycles. The zero-order valence-corrected chi connectivity index (χ0v) is 16.2. The SMILES string of the molecule is CCNC(=NCc1ccc(F)cc1CSC)NCC1CN(C)CCO1. The van der Waals surface area contributed by atoms with E-state index in [1.165, 1.54) is 6.07 Å². The number of benzene rings is 1. The van der Waals surface area contributed by atoms with Gasteiger partial charge in [0.1, 0.15) is 5.82 Å². The molecule has 0 aliphatic carbocycles. The molecule has 1 aliphatic rings. The maximum atomic E-state index is 13.5. The molecule has 1 heterocycles. The third kappa shape index (κ3) is 6.84. The quantitative estimate of drug-likeness (QED) is 0.570. The van der Waals surface area contributed by atoms with Crippen LogP contribution in [0.25, 0.3) is 0 Å². The van der Waals surface area contributed by atoms with Crippen LogP contribution in [0, 0.1) is 5.82 Å². The highest BCUT2D eigenvalue weighted by Gasteiger charge is 2.17. The second-order valence-electron chi connectivity index (χ2n) is 6.18. The minimum absolute atomic E-state index is 0.167. The Labute approximate surface area is 154 Å². The Morgan fingerprint density at radius 1 is 1.40 bits per heavy atom. The fourth-order valence-corrected chi connectivity index (χ4v) is 3.33. The molecule has 25 heavy (non-hydrogen) atoms. The molecule has 0 amide bonds. The summed E-state index contributed by atoms with van der Waals surface area (Å²) in [5, 5.41) is 6.61. The second kappa shape index (κ2) is 10.6. The van der Waals surface area contributed by atoms with Crippen molar-refractivity contribution < 1.29 is 9.13 Å². The van der Waals surface area contributed by atoms with Gasteiger partial charge in [0.15, 0.2) is 5.96 Å². The first-order valence-electron chi connectivity index (χ1n) is 8.71. The number of morpholine rings is 1. The lowest BCUT2D eigenvalue weighted by Gasteiger charge is -2.30. The van der Waals surface area contributed by atoms with E-state index in [4.69, 9.17) is 4.74 Å². The second-order valence-corrected chi connectivity index (χ2v) is 7.04. The van der Waals surface area contributed by atoms with Gasteiger partial charge in [0, 0.05) is 31.9 Å². The van der Waals surface area contributed by atoms with Crippen LogP contribution in [0.1, 0.15) is 18.1 Å². The van der Waals surface area contributed by atoms with Gasteiger partial charge in [-0.15, -0.1) is 0 Å². The molecule has 0 aromatic heterocycles. The van der Waals surface area contributed by atoms with Gasteiger partial charge in [-0.1, -0.05) is 6.07 Å². The average Bonchev–Trinajstić information content (AvgIpc) is 2.59. The van der Waals surface area contributed by atoms with Gasteiger partial charge in [-0.2, -0.15) is 11.8 Å². The molecule has 2 N–H and O–H groups in total. The predicted molar refractivity (Wildman–Crippen MR) is 104 cm³/mol. The minimum Gasteiger partial charge on any atom is -0.374 e. The van der Waals surface area contributed by atoms with Gasteiger partial charge in [0.05, 0.1) is 19.3 Å². The number of hydrogen-bond acceptors (Lipinski definition) is 4. The lowest BCUT2D eigenvalue weighted by Crippen LogP contribution is -2.48. The molecule has 140 valence electrons. The normalized spacial score (nSPS) is 19.0. The van der Waals surface area contributed by atoms with E-state index in [-0.39, 0.29) is 11.9 Å². The highest BCUT2D eigenvalue weighted by Crippen LogP contribution is 2.17. The summed E-state index contributed by atoms with van der Waals surface area (Å²) in [6.07, 6.45) is 2.19. The van der Waals surface area contributed by atoms with Gasteiger partial charge in [0.25, 0.3) is 0 Å². The molecule has 5 nitrogen and oxygen atoms in total. The van der Waals surface area contributed by atoms with Crippen molar-refractivity contribution in [1.29, 1.82) is 0 Å². The molecular weight excluding hydrogens is 339 g/mol. The van der Waals surface area contributed by atoms with Crippen molar-refractivity contribution in [2.45, 2.75) is 25.3 Å². The first kappa shape index (κ1) is 20.0. The Morgan fingerprint density at radius 2 is 2.24 bits per heavy atom. The summed E-state index contributed by atoms with van der Waals surface area (Å²) < 4.78 is 19.2. The number of aliphatic imine (C=N–C) groups is 1. The van der Waals surface area contributed by atoms with Crippen LogP contribution >= 0.6 is 11.8 Å². The molecule has 1 aromatic rings. The van der Waals surface area contributed by atoms with Gasteiger partial charge in [-0.05, 0) is 43.5 Å². The lowest BCUT2D eigenvalue weighted by atomic mass is 10.1. The molecule has 0 radical (unpaired) electrons. The third-order valence-corrected chi connectivity index (χ3v) is 4.66. The van der Waals surface area contributed by atoms with Crippen molar-refractivity contribution in [3.8, 4) is 0 Å². The fourth-order valence-electron chi connectivity index (χ4n) is 2.75. The Balaban J connectivity index is 1.97. The highest BCUT2D eigenvalue weighted by molar-refractivity contribution is 7.97. The number of guanidine groups is 1. The van der Waals surface area contributed by atoms with Crippen LogP contribution in [0.3, 0.4) is 0 Å². The number of halogens is 1. The summed E-state index contributed by atoms with van der Waals surface area (Å²) in [7, 11) is 2.11. The molecule has 0 bridgehead atoms. The van der Waals surface area contributed by atoms with E-state index in [0.717, 1.165) is 55.6 Å². The van der Waals surface area contributed by atoms with E-state index in [2.05, 4.69) is 27.6 Å². The molecule has 2 rings (SSSR count). The maximum absolute atomic E-state index is 13.5. The average molecular weight is 369 g/mol. The molecule has 7 heteroatoms. The molecule has 1 unspecified atom stereocenters. The first-order chi connectivity index (χ1) is 12.1. The van der Waals surface area contributed by atoms with Gasteiger partial charge in [-0.25, -0.2) is 9.38 Å². The molecular formula is C18H29FN4OS. The molecule has 0 saturated carbocycles. The highest BCUT2D eigenvalue weighted by atomic mass is 32.2. The summed E-state index contributed by atoms with van der Waals surface area (Å²) in [6.45, 7) is 6.74. The van der Waals surface area contributed by atoms with Crippen LogP contribution in [-0.2, 0) is 17.0 Å². The molecule has 1 fully saturated rings. The Kier molecular flexibility index (Phi) is 8.51. The number of thioether (sulfide) groups is 1. The number of rotatable bonds is 7. The number of nitrogens with one attached hydrogen (secondary N) is 2. The predicted octanol–water partition coefficient (Wildman–Crippen LogP) is 2.07. The number of hydrogen-bond donors (Lipinski definition) is 2. The molecule has 1 aliphatic heterocycles. The van der Waals surface area contributed by atoms with Crippen molar-refractivity contribution in [2.75, 3.05) is 46.1 Å². The van der Waals surface area contributed by atoms with Gasteiger partial charge >= 0.3 is 0 Å². The third-order valence-electron chi connectivity index (χ3n) is 4.06. The smallest absolute Gasteiger partial charge is 0.191 e. The van der Waals surface area contributed by atoms with Crippen LogP contribution in [0.2, 0.25) is 0 Å². The van der Waals surface area contributed by atoms with Crippen LogP contribution in [-0.4, -0.2) is 63.1 Å². The van der Waals surface area contributed by atoms with Crippen molar-refractivity contribution >= 4 is 17.7 Å².